The summed E-state index contributed by atoms with van der Waals surface area (Å²) in [6, 6.07) is 8.02. The Bertz CT molecular complexity index is 484. The maximum Gasteiger partial charge on any atom is 0.314 e. The molecule has 0 radical (unpaired) electrons. The second-order valence-corrected chi connectivity index (χ2v) is 6.81. The number of rotatable bonds is 10. The summed E-state index contributed by atoms with van der Waals surface area (Å²) in [5.74, 6) is 0.907. The number of unbranched alkanes of at least 4 members (excludes halogenated alkanes) is 1. The van der Waals surface area contributed by atoms with E-state index in [0.29, 0.717) is 13.2 Å². The summed E-state index contributed by atoms with van der Waals surface area (Å²) >= 11 is 0. The molecule has 0 saturated carbocycles. The molecule has 1 aliphatic heterocycles. The Morgan fingerprint density at radius 3 is 2.40 bits per heavy atom. The van der Waals surface area contributed by atoms with E-state index in [4.69, 9.17) is 4.74 Å². The van der Waals surface area contributed by atoms with Gasteiger partial charge in [-0.2, -0.15) is 0 Å². The number of nitrogens with zero attached hydrogens (tertiary/aromatic N) is 1. The molecule has 140 valence electrons. The summed E-state index contributed by atoms with van der Waals surface area (Å²) < 4.78 is 5.67. The smallest absolute Gasteiger partial charge is 0.314 e. The zero-order chi connectivity index (χ0) is 17.7. The van der Waals surface area contributed by atoms with Gasteiger partial charge in [-0.25, -0.2) is 4.79 Å². The van der Waals surface area contributed by atoms with Crippen molar-refractivity contribution < 1.29 is 9.53 Å². The Morgan fingerprint density at radius 1 is 1.00 bits per heavy atom. The number of carbonyl (C=O) groups is 1. The van der Waals surface area contributed by atoms with Gasteiger partial charge in [-0.15, -0.1) is 0 Å². The molecule has 1 fully saturated rings. The second kappa shape index (κ2) is 11.7. The minimum Gasteiger partial charge on any atom is -0.494 e. The molecule has 5 nitrogen and oxygen atoms in total. The molecule has 0 atom stereocenters. The van der Waals surface area contributed by atoms with Crippen molar-refractivity contribution in [2.24, 2.45) is 0 Å². The van der Waals surface area contributed by atoms with E-state index in [1.54, 1.807) is 0 Å². The van der Waals surface area contributed by atoms with Crippen LogP contribution in [0, 0.1) is 6.92 Å². The monoisotopic (exact) mass is 347 g/mol. The first-order chi connectivity index (χ1) is 12.2. The van der Waals surface area contributed by atoms with Crippen LogP contribution in [0.4, 0.5) is 4.79 Å². The van der Waals surface area contributed by atoms with Crippen molar-refractivity contribution in [3.63, 3.8) is 0 Å². The lowest BCUT2D eigenvalue weighted by Crippen LogP contribution is -2.38. The van der Waals surface area contributed by atoms with E-state index in [0.717, 1.165) is 38.1 Å². The average Bonchev–Trinajstić information content (AvgIpc) is 2.64. The molecule has 0 bridgehead atoms. The van der Waals surface area contributed by atoms with Crippen molar-refractivity contribution in [2.75, 3.05) is 39.3 Å². The molecule has 0 unspecified atom stereocenters. The third-order valence-corrected chi connectivity index (χ3v) is 4.53. The van der Waals surface area contributed by atoms with Crippen LogP contribution in [0.2, 0.25) is 0 Å². The lowest BCUT2D eigenvalue weighted by molar-refractivity contribution is 0.222. The number of aryl methyl sites for hydroxylation is 1. The first-order valence-corrected chi connectivity index (χ1v) is 9.67. The van der Waals surface area contributed by atoms with Gasteiger partial charge in [0.15, 0.2) is 0 Å². The third kappa shape index (κ3) is 8.77. The van der Waals surface area contributed by atoms with Crippen LogP contribution in [0.15, 0.2) is 24.3 Å². The van der Waals surface area contributed by atoms with E-state index in [1.807, 2.05) is 24.3 Å². The number of piperidine rings is 1. The Kier molecular flexibility index (Phi) is 9.19. The van der Waals surface area contributed by atoms with E-state index >= 15 is 0 Å². The summed E-state index contributed by atoms with van der Waals surface area (Å²) in [5.41, 5.74) is 1.23. The molecule has 25 heavy (non-hydrogen) atoms. The third-order valence-electron chi connectivity index (χ3n) is 4.53. The standard InChI is InChI=1S/C20H33N3O2/c1-18-8-10-19(11-9-18)25-17-6-3-12-21-20(24)22-13-7-16-23-14-4-2-5-15-23/h8-11H,2-7,12-17H2,1H3,(H2,21,22,24). The summed E-state index contributed by atoms with van der Waals surface area (Å²) in [5, 5.41) is 5.84. The fourth-order valence-corrected chi connectivity index (χ4v) is 3.00. The van der Waals surface area contributed by atoms with Crippen LogP contribution in [0.25, 0.3) is 0 Å². The molecule has 5 heteroatoms. The number of benzene rings is 1. The highest BCUT2D eigenvalue weighted by molar-refractivity contribution is 5.73. The number of amides is 2. The number of hydrogen-bond donors (Lipinski definition) is 2. The van der Waals surface area contributed by atoms with Gasteiger partial charge in [0.25, 0.3) is 0 Å². The zero-order valence-corrected chi connectivity index (χ0v) is 15.6. The Labute approximate surface area is 152 Å². The molecule has 0 aromatic heterocycles. The molecule has 1 saturated heterocycles. The largest absolute Gasteiger partial charge is 0.494 e. The van der Waals surface area contributed by atoms with Crippen molar-refractivity contribution in [3.8, 4) is 5.75 Å². The van der Waals surface area contributed by atoms with Gasteiger partial charge in [0.1, 0.15) is 5.75 Å². The first-order valence-electron chi connectivity index (χ1n) is 9.67. The van der Waals surface area contributed by atoms with Crippen LogP contribution < -0.4 is 15.4 Å². The molecule has 1 heterocycles. The molecular weight excluding hydrogens is 314 g/mol. The lowest BCUT2D eigenvalue weighted by Gasteiger charge is -2.26. The van der Waals surface area contributed by atoms with E-state index in [2.05, 4.69) is 22.5 Å². The highest BCUT2D eigenvalue weighted by Crippen LogP contribution is 2.11. The predicted molar refractivity (Wildman–Crippen MR) is 102 cm³/mol. The van der Waals surface area contributed by atoms with E-state index in [9.17, 15) is 4.79 Å². The van der Waals surface area contributed by atoms with Crippen molar-refractivity contribution in [1.29, 1.82) is 0 Å². The van der Waals surface area contributed by atoms with Crippen LogP contribution >= 0.6 is 0 Å². The van der Waals surface area contributed by atoms with Gasteiger partial charge in [0.2, 0.25) is 0 Å². The number of ether oxygens (including phenoxy) is 1. The average molecular weight is 348 g/mol. The SMILES string of the molecule is Cc1ccc(OCCCCNC(=O)NCCCN2CCCCC2)cc1. The van der Waals surface area contributed by atoms with Gasteiger partial charge < -0.3 is 20.3 Å². The molecule has 1 aromatic rings. The number of likely N-dealkylation sites (tertiary alicyclic amines) is 1. The molecule has 2 N–H and O–H groups in total. The highest BCUT2D eigenvalue weighted by Gasteiger charge is 2.09. The van der Waals surface area contributed by atoms with Crippen LogP contribution in [-0.4, -0.2) is 50.3 Å². The highest BCUT2D eigenvalue weighted by atomic mass is 16.5. The van der Waals surface area contributed by atoms with Crippen LogP contribution in [-0.2, 0) is 0 Å². The Morgan fingerprint density at radius 2 is 1.68 bits per heavy atom. The zero-order valence-electron chi connectivity index (χ0n) is 15.6. The maximum atomic E-state index is 11.7. The molecule has 1 aromatic carbocycles. The fraction of sp³-hybridized carbons (Fsp3) is 0.650. The minimum absolute atomic E-state index is 0.0573. The van der Waals surface area contributed by atoms with Gasteiger partial charge in [0, 0.05) is 13.1 Å². The van der Waals surface area contributed by atoms with Crippen molar-refractivity contribution in [2.45, 2.75) is 45.4 Å². The van der Waals surface area contributed by atoms with E-state index < -0.39 is 0 Å². The van der Waals surface area contributed by atoms with Gasteiger partial charge in [0.05, 0.1) is 6.61 Å². The summed E-state index contributed by atoms with van der Waals surface area (Å²) in [6.07, 6.45) is 6.89. The number of carbonyl (C=O) groups excluding carboxylic acids is 1. The number of nitrogens with one attached hydrogen (secondary N) is 2. The summed E-state index contributed by atoms with van der Waals surface area (Å²) in [7, 11) is 0. The maximum absolute atomic E-state index is 11.7. The Balaban J connectivity index is 1.39. The lowest BCUT2D eigenvalue weighted by atomic mass is 10.1. The molecule has 1 aliphatic rings. The summed E-state index contributed by atoms with van der Waals surface area (Å²) in [4.78, 5) is 14.2. The van der Waals surface area contributed by atoms with Gasteiger partial charge in [-0.05, 0) is 70.8 Å². The molecule has 2 rings (SSSR count). The van der Waals surface area contributed by atoms with Gasteiger partial charge in [-0.1, -0.05) is 24.1 Å². The molecule has 0 aliphatic carbocycles. The molecule has 0 spiro atoms. The number of urea groups is 1. The van der Waals surface area contributed by atoms with Crippen molar-refractivity contribution in [1.82, 2.24) is 15.5 Å². The van der Waals surface area contributed by atoms with Crippen LogP contribution in [0.5, 0.6) is 5.75 Å². The quantitative estimate of drug-likeness (QED) is 0.638. The van der Waals surface area contributed by atoms with Gasteiger partial charge in [-0.3, -0.25) is 0 Å². The van der Waals surface area contributed by atoms with Crippen molar-refractivity contribution in [3.05, 3.63) is 29.8 Å². The molecule has 2 amide bonds. The fourth-order valence-electron chi connectivity index (χ4n) is 3.00. The predicted octanol–water partition coefficient (Wildman–Crippen LogP) is 3.33. The normalized spacial score (nSPS) is 14.9. The van der Waals surface area contributed by atoms with Gasteiger partial charge >= 0.3 is 6.03 Å². The second-order valence-electron chi connectivity index (χ2n) is 6.81. The molecular formula is C20H33N3O2. The summed E-state index contributed by atoms with van der Waals surface area (Å²) in [6.45, 7) is 7.72. The topological polar surface area (TPSA) is 53.6 Å². The van der Waals surface area contributed by atoms with E-state index in [-0.39, 0.29) is 6.03 Å². The first kappa shape index (κ1) is 19.6. The van der Waals surface area contributed by atoms with Crippen LogP contribution in [0.3, 0.4) is 0 Å². The minimum atomic E-state index is -0.0573. The van der Waals surface area contributed by atoms with E-state index in [1.165, 1.54) is 37.9 Å². The van der Waals surface area contributed by atoms with Crippen LogP contribution in [0.1, 0.15) is 44.1 Å². The van der Waals surface area contributed by atoms with Crippen molar-refractivity contribution >= 4 is 6.03 Å². The Hall–Kier alpha value is -1.75. The number of hydrogen-bond acceptors (Lipinski definition) is 3.